The third-order valence-corrected chi connectivity index (χ3v) is 6.89. The smallest absolute Gasteiger partial charge is 0.295 e. The number of nitrogens with zero attached hydrogens (tertiary/aromatic N) is 3. The summed E-state index contributed by atoms with van der Waals surface area (Å²) in [7, 11) is 3.67. The predicted octanol–water partition coefficient (Wildman–Crippen LogP) is 2.43. The highest BCUT2D eigenvalue weighted by Gasteiger charge is 2.46. The summed E-state index contributed by atoms with van der Waals surface area (Å²) in [6, 6.07) is 10.1. The van der Waals surface area contributed by atoms with E-state index in [1.807, 2.05) is 17.5 Å². The Morgan fingerprint density at radius 2 is 1.81 bits per heavy atom. The van der Waals surface area contributed by atoms with Crippen LogP contribution in [0.1, 0.15) is 16.5 Å². The molecule has 2 aliphatic rings. The number of ketones is 1. The van der Waals surface area contributed by atoms with Crippen LogP contribution >= 0.6 is 11.3 Å². The Bertz CT molecular complexity index is 963. The summed E-state index contributed by atoms with van der Waals surface area (Å²) in [5, 5.41) is 13.0. The number of likely N-dealkylation sites (N-methyl/N-ethyl adjacent to an activating group) is 1. The zero-order valence-electron chi connectivity index (χ0n) is 17.8. The molecule has 4 rings (SSSR count). The molecule has 1 atom stereocenters. The maximum Gasteiger partial charge on any atom is 0.295 e. The van der Waals surface area contributed by atoms with Gasteiger partial charge in [-0.2, -0.15) is 0 Å². The Balaban J connectivity index is 1.64. The average molecular weight is 442 g/mol. The van der Waals surface area contributed by atoms with Crippen LogP contribution in [0, 0.1) is 0 Å². The van der Waals surface area contributed by atoms with Crippen molar-refractivity contribution in [2.75, 3.05) is 53.4 Å². The molecule has 0 radical (unpaired) electrons. The van der Waals surface area contributed by atoms with Gasteiger partial charge in [-0.25, -0.2) is 0 Å². The van der Waals surface area contributed by atoms with E-state index in [0.717, 1.165) is 31.1 Å². The number of ether oxygens (including phenoxy) is 1. The topological polar surface area (TPSA) is 73.3 Å². The molecule has 1 aromatic heterocycles. The number of benzene rings is 1. The predicted molar refractivity (Wildman–Crippen MR) is 120 cm³/mol. The number of thiophene rings is 1. The number of amides is 1. The number of carbonyl (C=O) groups is 2. The van der Waals surface area contributed by atoms with Crippen molar-refractivity contribution in [3.8, 4) is 5.75 Å². The van der Waals surface area contributed by atoms with Crippen LogP contribution in [-0.2, 0) is 9.59 Å². The number of piperazine rings is 1. The molecule has 0 spiro atoms. The SMILES string of the molecule is COc1ccc(/C(O)=C2\C(=O)C(=O)N(CCN3CCN(C)CC3)C2c2cccs2)cc1. The number of aliphatic hydroxyl groups excluding tert-OH is 1. The van der Waals surface area contributed by atoms with Crippen LogP contribution in [-0.4, -0.2) is 84.9 Å². The highest BCUT2D eigenvalue weighted by Crippen LogP contribution is 2.41. The molecule has 8 heteroatoms. The Morgan fingerprint density at radius 3 is 2.42 bits per heavy atom. The Hall–Kier alpha value is -2.68. The number of likely N-dealkylation sites (tertiary alicyclic amines) is 1. The van der Waals surface area contributed by atoms with E-state index >= 15 is 0 Å². The van der Waals surface area contributed by atoms with Crippen LogP contribution in [0.25, 0.3) is 5.76 Å². The van der Waals surface area contributed by atoms with Crippen LogP contribution in [0.5, 0.6) is 5.75 Å². The first-order valence-corrected chi connectivity index (χ1v) is 11.2. The van der Waals surface area contributed by atoms with E-state index in [2.05, 4.69) is 16.8 Å². The van der Waals surface area contributed by atoms with Crippen molar-refractivity contribution in [3.05, 3.63) is 57.8 Å². The fraction of sp³-hybridized carbons (Fsp3) is 0.391. The highest BCUT2D eigenvalue weighted by atomic mass is 32.1. The van der Waals surface area contributed by atoms with Gasteiger partial charge in [0.1, 0.15) is 11.5 Å². The van der Waals surface area contributed by atoms with E-state index < -0.39 is 17.7 Å². The molecule has 0 aliphatic carbocycles. The van der Waals surface area contributed by atoms with Crippen molar-refractivity contribution in [1.82, 2.24) is 14.7 Å². The Kier molecular flexibility index (Phi) is 6.41. The summed E-state index contributed by atoms with van der Waals surface area (Å²) < 4.78 is 5.17. The van der Waals surface area contributed by atoms with E-state index in [-0.39, 0.29) is 11.3 Å². The molecule has 164 valence electrons. The lowest BCUT2D eigenvalue weighted by molar-refractivity contribution is -0.140. The third kappa shape index (κ3) is 4.37. The van der Waals surface area contributed by atoms with Gasteiger partial charge in [0.2, 0.25) is 0 Å². The number of rotatable bonds is 6. The second-order valence-corrected chi connectivity index (χ2v) is 8.86. The normalized spacial score (nSPS) is 22.3. The molecule has 2 aliphatic heterocycles. The van der Waals surface area contributed by atoms with Gasteiger partial charge in [0.05, 0.1) is 18.7 Å². The van der Waals surface area contributed by atoms with Gasteiger partial charge in [0.25, 0.3) is 11.7 Å². The molecule has 31 heavy (non-hydrogen) atoms. The van der Waals surface area contributed by atoms with Crippen molar-refractivity contribution >= 4 is 28.8 Å². The number of carbonyl (C=O) groups excluding carboxylic acids is 2. The lowest BCUT2D eigenvalue weighted by Crippen LogP contribution is -2.47. The molecule has 1 N–H and O–H groups in total. The third-order valence-electron chi connectivity index (χ3n) is 5.97. The Labute approximate surface area is 186 Å². The molecular weight excluding hydrogens is 414 g/mol. The lowest BCUT2D eigenvalue weighted by atomic mass is 10.00. The minimum Gasteiger partial charge on any atom is -0.507 e. The highest BCUT2D eigenvalue weighted by molar-refractivity contribution is 7.10. The van der Waals surface area contributed by atoms with Crippen molar-refractivity contribution < 1.29 is 19.4 Å². The molecule has 1 aromatic carbocycles. The Morgan fingerprint density at radius 1 is 1.10 bits per heavy atom. The van der Waals surface area contributed by atoms with Crippen LogP contribution in [0.3, 0.4) is 0 Å². The fourth-order valence-electron chi connectivity index (χ4n) is 4.08. The van der Waals surface area contributed by atoms with Gasteiger partial charge in [-0.1, -0.05) is 6.07 Å². The monoisotopic (exact) mass is 441 g/mol. The van der Waals surface area contributed by atoms with Crippen molar-refractivity contribution in [1.29, 1.82) is 0 Å². The number of Topliss-reactive ketones (excluding diaryl/α,β-unsaturated/α-hetero) is 1. The number of methoxy groups -OCH3 is 1. The molecule has 0 bridgehead atoms. The fourth-order valence-corrected chi connectivity index (χ4v) is 4.92. The number of hydrogen-bond acceptors (Lipinski definition) is 7. The first-order chi connectivity index (χ1) is 15.0. The standard InChI is InChI=1S/C23H27N3O4S/c1-24-9-11-25(12-10-24)13-14-26-20(18-4-3-15-31-18)19(22(28)23(26)29)21(27)16-5-7-17(30-2)8-6-16/h3-8,15,20,27H,9-14H2,1-2H3/b21-19+. The largest absolute Gasteiger partial charge is 0.507 e. The molecule has 1 unspecified atom stereocenters. The first kappa shape index (κ1) is 21.5. The van der Waals surface area contributed by atoms with Gasteiger partial charge in [-0.3, -0.25) is 14.5 Å². The van der Waals surface area contributed by atoms with Crippen molar-refractivity contribution in [2.45, 2.75) is 6.04 Å². The van der Waals surface area contributed by atoms with Gasteiger partial charge in [-0.15, -0.1) is 11.3 Å². The quantitative estimate of drug-likeness (QED) is 0.422. The molecular formula is C23H27N3O4S. The zero-order chi connectivity index (χ0) is 22.0. The molecule has 2 fully saturated rings. The van der Waals surface area contributed by atoms with Gasteiger partial charge in [0, 0.05) is 49.7 Å². The zero-order valence-corrected chi connectivity index (χ0v) is 18.6. The summed E-state index contributed by atoms with van der Waals surface area (Å²) in [5.41, 5.74) is 0.635. The molecule has 2 saturated heterocycles. The van der Waals surface area contributed by atoms with Gasteiger partial charge < -0.3 is 19.6 Å². The van der Waals surface area contributed by atoms with Crippen LogP contribution < -0.4 is 4.74 Å². The number of aliphatic hydroxyl groups is 1. The summed E-state index contributed by atoms with van der Waals surface area (Å²) in [6.07, 6.45) is 0. The van der Waals surface area contributed by atoms with E-state index in [9.17, 15) is 14.7 Å². The first-order valence-electron chi connectivity index (χ1n) is 10.4. The van der Waals surface area contributed by atoms with E-state index in [0.29, 0.717) is 24.4 Å². The lowest BCUT2D eigenvalue weighted by Gasteiger charge is -2.34. The van der Waals surface area contributed by atoms with Gasteiger partial charge in [0.15, 0.2) is 0 Å². The maximum absolute atomic E-state index is 13.0. The van der Waals surface area contributed by atoms with Gasteiger partial charge >= 0.3 is 0 Å². The van der Waals surface area contributed by atoms with Crippen LogP contribution in [0.15, 0.2) is 47.4 Å². The number of hydrogen-bond donors (Lipinski definition) is 1. The summed E-state index contributed by atoms with van der Waals surface area (Å²) in [5.74, 6) is -0.687. The molecule has 1 amide bonds. The minimum absolute atomic E-state index is 0.149. The minimum atomic E-state index is -0.634. The van der Waals surface area contributed by atoms with E-state index in [1.54, 1.807) is 36.3 Å². The molecule has 3 heterocycles. The summed E-state index contributed by atoms with van der Waals surface area (Å²) >= 11 is 1.48. The summed E-state index contributed by atoms with van der Waals surface area (Å²) in [4.78, 5) is 33.1. The summed E-state index contributed by atoms with van der Waals surface area (Å²) in [6.45, 7) is 5.00. The molecule has 0 saturated carbocycles. The molecule has 7 nitrogen and oxygen atoms in total. The second kappa shape index (κ2) is 9.21. The average Bonchev–Trinajstić information content (AvgIpc) is 3.40. The van der Waals surface area contributed by atoms with Gasteiger partial charge in [-0.05, 0) is 42.8 Å². The van der Waals surface area contributed by atoms with E-state index in [4.69, 9.17) is 4.74 Å². The van der Waals surface area contributed by atoms with Crippen molar-refractivity contribution in [3.63, 3.8) is 0 Å². The van der Waals surface area contributed by atoms with Crippen molar-refractivity contribution in [2.24, 2.45) is 0 Å². The maximum atomic E-state index is 13.0. The second-order valence-electron chi connectivity index (χ2n) is 7.88. The van der Waals surface area contributed by atoms with E-state index in [1.165, 1.54) is 11.3 Å². The van der Waals surface area contributed by atoms with Crippen LogP contribution in [0.4, 0.5) is 0 Å². The molecule has 2 aromatic rings. The van der Waals surface area contributed by atoms with Crippen LogP contribution in [0.2, 0.25) is 0 Å².